The molecule has 0 aliphatic carbocycles. The highest BCUT2D eigenvalue weighted by molar-refractivity contribution is 4.16. The Morgan fingerprint density at radius 1 is 1.60 bits per heavy atom. The fourth-order valence-corrected chi connectivity index (χ4v) is 0.141. The summed E-state index contributed by atoms with van der Waals surface area (Å²) in [5.41, 5.74) is 0. The third kappa shape index (κ3) is 3.60. The molecule has 0 amide bonds. The number of rotatable bonds is 1. The van der Waals surface area contributed by atoms with E-state index in [1.807, 2.05) is 6.92 Å². The monoisotopic (exact) mass is 72.1 g/mol. The highest BCUT2D eigenvalue weighted by Gasteiger charge is 1.52. The maximum atomic E-state index is 3.60. The van der Waals surface area contributed by atoms with Crippen LogP contribution in [-0.4, -0.2) is 13.6 Å². The quantitative estimate of drug-likeness (QED) is 0.414. The Bertz CT molecular complexity index is 31.9. The average Bonchev–Trinajstić information content (AvgIpc) is 1.41. The largest absolute Gasteiger partial charge is 0.198 e. The van der Waals surface area contributed by atoms with Gasteiger partial charge >= 0.3 is 0 Å². The zero-order valence-corrected chi connectivity index (χ0v) is 3.60. The van der Waals surface area contributed by atoms with Crippen LogP contribution >= 0.6 is 0 Å². The minimum atomic E-state index is 0.802. The van der Waals surface area contributed by atoms with Crippen molar-refractivity contribution in [3.8, 4) is 0 Å². The van der Waals surface area contributed by atoms with Crippen LogP contribution in [0.4, 0.5) is 0 Å². The molecular weight excluding hydrogens is 64.0 g/mol. The molecule has 2 heteroatoms. The molecule has 0 N–H and O–H groups in total. The van der Waals surface area contributed by atoms with Crippen molar-refractivity contribution in [3.63, 3.8) is 0 Å². The standard InChI is InChI=1S/C3H8N2/c1-3-5-4-2/h3H2,1-2H3/b5-4-. The molecule has 0 heterocycles. The first-order chi connectivity index (χ1) is 2.41. The molecule has 0 aromatic rings. The fourth-order valence-electron chi connectivity index (χ4n) is 0.141. The van der Waals surface area contributed by atoms with Crippen LogP contribution in [0.15, 0.2) is 10.2 Å². The summed E-state index contributed by atoms with van der Waals surface area (Å²) in [5.74, 6) is 0. The summed E-state index contributed by atoms with van der Waals surface area (Å²) < 4.78 is 0. The van der Waals surface area contributed by atoms with E-state index in [-0.39, 0.29) is 0 Å². The first-order valence-electron chi connectivity index (χ1n) is 1.67. The first-order valence-corrected chi connectivity index (χ1v) is 1.67. The van der Waals surface area contributed by atoms with Gasteiger partial charge in [-0.05, 0) is 6.92 Å². The van der Waals surface area contributed by atoms with Crippen molar-refractivity contribution in [3.05, 3.63) is 0 Å². The minimum absolute atomic E-state index is 0.802. The van der Waals surface area contributed by atoms with Crippen LogP contribution in [0.1, 0.15) is 6.92 Å². The van der Waals surface area contributed by atoms with Crippen molar-refractivity contribution in [1.29, 1.82) is 0 Å². The summed E-state index contributed by atoms with van der Waals surface area (Å²) >= 11 is 0. The van der Waals surface area contributed by atoms with Crippen LogP contribution in [0, 0.1) is 0 Å². The highest BCUT2D eigenvalue weighted by atomic mass is 15.1. The average molecular weight is 72.1 g/mol. The van der Waals surface area contributed by atoms with Gasteiger partial charge in [-0.1, -0.05) is 0 Å². The van der Waals surface area contributed by atoms with Gasteiger partial charge in [0, 0.05) is 7.05 Å². The van der Waals surface area contributed by atoms with Crippen LogP contribution in [0.5, 0.6) is 0 Å². The Morgan fingerprint density at radius 2 is 2.20 bits per heavy atom. The van der Waals surface area contributed by atoms with Crippen LogP contribution in [0.3, 0.4) is 0 Å². The summed E-state index contributed by atoms with van der Waals surface area (Å²) in [6.45, 7) is 2.75. The maximum absolute atomic E-state index is 3.60. The number of hydrogen-bond donors (Lipinski definition) is 0. The summed E-state index contributed by atoms with van der Waals surface area (Å²) in [6.07, 6.45) is 0. The summed E-state index contributed by atoms with van der Waals surface area (Å²) in [7, 11) is 1.67. The second-order valence-electron chi connectivity index (χ2n) is 0.658. The molecular formula is C3H8N2. The van der Waals surface area contributed by atoms with Crippen molar-refractivity contribution < 1.29 is 0 Å². The first kappa shape index (κ1) is 4.60. The molecule has 0 atom stereocenters. The molecule has 0 saturated carbocycles. The lowest BCUT2D eigenvalue weighted by molar-refractivity contribution is 0.976. The van der Waals surface area contributed by atoms with Crippen LogP contribution in [0.2, 0.25) is 0 Å². The molecule has 0 spiro atoms. The summed E-state index contributed by atoms with van der Waals surface area (Å²) in [6, 6.07) is 0. The van der Waals surface area contributed by atoms with E-state index < -0.39 is 0 Å². The van der Waals surface area contributed by atoms with Gasteiger partial charge in [-0.15, -0.1) is 0 Å². The molecule has 2 nitrogen and oxygen atoms in total. The lowest BCUT2D eigenvalue weighted by Gasteiger charge is -1.66. The van der Waals surface area contributed by atoms with Gasteiger partial charge in [0.2, 0.25) is 0 Å². The van der Waals surface area contributed by atoms with Gasteiger partial charge < -0.3 is 0 Å². The van der Waals surface area contributed by atoms with Crippen molar-refractivity contribution in [1.82, 2.24) is 0 Å². The topological polar surface area (TPSA) is 24.7 Å². The Balaban J connectivity index is 2.62. The van der Waals surface area contributed by atoms with Gasteiger partial charge in [0.05, 0.1) is 6.54 Å². The number of hydrogen-bond acceptors (Lipinski definition) is 2. The zero-order chi connectivity index (χ0) is 4.12. The van der Waals surface area contributed by atoms with Gasteiger partial charge in [0.25, 0.3) is 0 Å². The molecule has 0 aromatic carbocycles. The minimum Gasteiger partial charge on any atom is -0.198 e. The van der Waals surface area contributed by atoms with E-state index >= 15 is 0 Å². The second kappa shape index (κ2) is 3.60. The maximum Gasteiger partial charge on any atom is 0.0570 e. The van der Waals surface area contributed by atoms with Gasteiger partial charge in [0.1, 0.15) is 0 Å². The molecule has 0 saturated heterocycles. The smallest absolute Gasteiger partial charge is 0.0570 e. The second-order valence-corrected chi connectivity index (χ2v) is 0.658. The van der Waals surface area contributed by atoms with E-state index in [4.69, 9.17) is 0 Å². The normalized spacial score (nSPS) is 10.0. The van der Waals surface area contributed by atoms with E-state index in [9.17, 15) is 0 Å². The molecule has 0 aliphatic rings. The lowest BCUT2D eigenvalue weighted by Crippen LogP contribution is -1.57. The molecule has 0 aliphatic heterocycles. The third-order valence-electron chi connectivity index (χ3n) is 0.283. The Morgan fingerprint density at radius 3 is 2.20 bits per heavy atom. The SMILES string of the molecule is CC/N=N\C. The van der Waals surface area contributed by atoms with Crippen LogP contribution < -0.4 is 0 Å². The predicted molar refractivity (Wildman–Crippen MR) is 21.3 cm³/mol. The predicted octanol–water partition coefficient (Wildman–Crippen LogP) is 1.09. The van der Waals surface area contributed by atoms with Crippen molar-refractivity contribution in [2.75, 3.05) is 13.6 Å². The van der Waals surface area contributed by atoms with Gasteiger partial charge in [-0.25, -0.2) is 0 Å². The van der Waals surface area contributed by atoms with Crippen LogP contribution in [0.25, 0.3) is 0 Å². The molecule has 0 bridgehead atoms. The Labute approximate surface area is 31.9 Å². The van der Waals surface area contributed by atoms with Crippen molar-refractivity contribution in [2.45, 2.75) is 6.92 Å². The zero-order valence-electron chi connectivity index (χ0n) is 3.60. The summed E-state index contributed by atoms with van der Waals surface area (Å²) in [5, 5.41) is 7.08. The fraction of sp³-hybridized carbons (Fsp3) is 1.00. The molecule has 0 rings (SSSR count). The van der Waals surface area contributed by atoms with Crippen LogP contribution in [-0.2, 0) is 0 Å². The van der Waals surface area contributed by atoms with E-state index in [0.717, 1.165) is 6.54 Å². The summed E-state index contributed by atoms with van der Waals surface area (Å²) in [4.78, 5) is 0. The van der Waals surface area contributed by atoms with E-state index in [1.165, 1.54) is 0 Å². The molecule has 0 fully saturated rings. The molecule has 0 aromatic heterocycles. The highest BCUT2D eigenvalue weighted by Crippen LogP contribution is 1.62. The third-order valence-corrected chi connectivity index (χ3v) is 0.283. The number of azo groups is 1. The van der Waals surface area contributed by atoms with Gasteiger partial charge in [0.15, 0.2) is 0 Å². The van der Waals surface area contributed by atoms with E-state index in [2.05, 4.69) is 10.2 Å². The van der Waals surface area contributed by atoms with E-state index in [1.54, 1.807) is 7.05 Å². The Hall–Kier alpha value is -0.400. The number of nitrogens with zero attached hydrogens (tertiary/aromatic N) is 2. The molecule has 0 unspecified atom stereocenters. The van der Waals surface area contributed by atoms with Crippen molar-refractivity contribution >= 4 is 0 Å². The van der Waals surface area contributed by atoms with Gasteiger partial charge in [-0.2, -0.15) is 10.2 Å². The molecule has 0 radical (unpaired) electrons. The molecule has 5 heavy (non-hydrogen) atoms. The van der Waals surface area contributed by atoms with E-state index in [0.29, 0.717) is 0 Å². The van der Waals surface area contributed by atoms with Gasteiger partial charge in [-0.3, -0.25) is 0 Å². The van der Waals surface area contributed by atoms with Crippen molar-refractivity contribution in [2.24, 2.45) is 10.2 Å². The Kier molecular flexibility index (Phi) is 3.31. The lowest BCUT2D eigenvalue weighted by atomic mass is 10.8. The molecule has 30 valence electrons.